The minimum Gasteiger partial charge on any atom is -0.462 e. The van der Waals surface area contributed by atoms with Crippen LogP contribution < -0.4 is 5.32 Å². The highest BCUT2D eigenvalue weighted by Crippen LogP contribution is 2.34. The van der Waals surface area contributed by atoms with Crippen molar-refractivity contribution in [2.75, 3.05) is 17.7 Å². The minimum absolute atomic E-state index is 0.00283. The number of thiophene rings is 1. The summed E-state index contributed by atoms with van der Waals surface area (Å²) < 4.78 is 5.04. The predicted molar refractivity (Wildman–Crippen MR) is 140 cm³/mol. The molecule has 0 fully saturated rings. The summed E-state index contributed by atoms with van der Waals surface area (Å²) in [5, 5.41) is 21.5. The lowest BCUT2D eigenvalue weighted by molar-refractivity contribution is -0.113. The second-order valence-electron chi connectivity index (χ2n) is 7.45. The first-order valence-corrected chi connectivity index (χ1v) is 12.8. The molecular formula is C26H21N5O3S2. The molecule has 2 aromatic heterocycles. The molecule has 2 heterocycles. The average molecular weight is 516 g/mol. The Labute approximate surface area is 216 Å². The fraction of sp³-hybridized carbons (Fsp3) is 0.154. The molecule has 0 atom stereocenters. The number of benzene rings is 2. The molecular weight excluding hydrogens is 494 g/mol. The van der Waals surface area contributed by atoms with Gasteiger partial charge >= 0.3 is 5.97 Å². The Morgan fingerprint density at radius 2 is 1.67 bits per heavy atom. The number of thioether (sulfide) groups is 1. The Balaban J connectivity index is 1.53. The number of amides is 1. The van der Waals surface area contributed by atoms with Gasteiger partial charge in [0, 0.05) is 11.1 Å². The second kappa shape index (κ2) is 11.6. The third kappa shape index (κ3) is 5.59. The van der Waals surface area contributed by atoms with E-state index in [2.05, 4.69) is 21.6 Å². The third-order valence-corrected chi connectivity index (χ3v) is 7.09. The maximum absolute atomic E-state index is 12.7. The molecule has 4 aromatic rings. The molecule has 8 nitrogen and oxygen atoms in total. The second-order valence-corrected chi connectivity index (χ2v) is 9.42. The summed E-state index contributed by atoms with van der Waals surface area (Å²) in [5.41, 5.74) is 3.82. The van der Waals surface area contributed by atoms with Gasteiger partial charge in [0.1, 0.15) is 27.3 Å². The number of nitrogens with one attached hydrogen (secondary N) is 1. The van der Waals surface area contributed by atoms with Gasteiger partial charge in [0.25, 0.3) is 0 Å². The van der Waals surface area contributed by atoms with Gasteiger partial charge in [0.2, 0.25) is 11.1 Å². The van der Waals surface area contributed by atoms with Crippen LogP contribution in [0.15, 0.2) is 65.8 Å². The topological polar surface area (TPSA) is 118 Å². The van der Waals surface area contributed by atoms with E-state index in [1.807, 2.05) is 60.7 Å². The monoisotopic (exact) mass is 515 g/mol. The smallest absolute Gasteiger partial charge is 0.348 e. The van der Waals surface area contributed by atoms with Crippen molar-refractivity contribution in [3.8, 4) is 28.6 Å². The van der Waals surface area contributed by atoms with Gasteiger partial charge in [0.05, 0.1) is 17.9 Å². The summed E-state index contributed by atoms with van der Waals surface area (Å²) in [7, 11) is 0. The van der Waals surface area contributed by atoms with Crippen molar-refractivity contribution in [1.29, 1.82) is 5.26 Å². The molecule has 0 bridgehead atoms. The third-order valence-electron chi connectivity index (χ3n) is 5.07. The summed E-state index contributed by atoms with van der Waals surface area (Å²) in [5.74, 6) is -0.875. The van der Waals surface area contributed by atoms with Crippen molar-refractivity contribution in [3.63, 3.8) is 0 Å². The Morgan fingerprint density at radius 3 is 2.28 bits per heavy atom. The zero-order valence-corrected chi connectivity index (χ0v) is 21.2. The first-order chi connectivity index (χ1) is 17.5. The van der Waals surface area contributed by atoms with Gasteiger partial charge in [-0.1, -0.05) is 72.4 Å². The van der Waals surface area contributed by atoms with Crippen molar-refractivity contribution < 1.29 is 14.3 Å². The van der Waals surface area contributed by atoms with Gasteiger partial charge in [-0.3, -0.25) is 4.79 Å². The van der Waals surface area contributed by atoms with E-state index in [-0.39, 0.29) is 23.8 Å². The van der Waals surface area contributed by atoms with E-state index in [1.54, 1.807) is 13.8 Å². The van der Waals surface area contributed by atoms with E-state index in [4.69, 9.17) is 9.72 Å². The normalized spacial score (nSPS) is 10.5. The van der Waals surface area contributed by atoms with Crippen molar-refractivity contribution in [2.24, 2.45) is 0 Å². The maximum Gasteiger partial charge on any atom is 0.348 e. The summed E-state index contributed by atoms with van der Waals surface area (Å²) in [6.45, 7) is 3.58. The molecule has 0 saturated carbocycles. The zero-order chi connectivity index (χ0) is 25.5. The highest BCUT2D eigenvalue weighted by atomic mass is 32.2. The molecule has 0 aliphatic rings. The van der Waals surface area contributed by atoms with Crippen LogP contribution in [-0.2, 0) is 9.53 Å². The van der Waals surface area contributed by atoms with Crippen LogP contribution in [0.5, 0.6) is 0 Å². The fourth-order valence-electron chi connectivity index (χ4n) is 3.38. The minimum atomic E-state index is -0.516. The van der Waals surface area contributed by atoms with Crippen molar-refractivity contribution in [3.05, 3.63) is 76.7 Å². The van der Waals surface area contributed by atoms with Crippen molar-refractivity contribution >= 4 is 40.0 Å². The maximum atomic E-state index is 12.7. The Bertz CT molecular complexity index is 1430. The van der Waals surface area contributed by atoms with E-state index in [9.17, 15) is 14.9 Å². The summed E-state index contributed by atoms with van der Waals surface area (Å²) in [6, 6.07) is 21.4. The number of hydrogen-bond acceptors (Lipinski definition) is 9. The highest BCUT2D eigenvalue weighted by Gasteiger charge is 2.22. The number of nitrogens with zero attached hydrogens (tertiary/aromatic N) is 4. The van der Waals surface area contributed by atoms with Crippen LogP contribution >= 0.6 is 23.1 Å². The van der Waals surface area contributed by atoms with Gasteiger partial charge in [-0.25, -0.2) is 9.78 Å². The zero-order valence-electron chi connectivity index (χ0n) is 19.5. The first-order valence-electron chi connectivity index (χ1n) is 11.0. The van der Waals surface area contributed by atoms with Gasteiger partial charge in [-0.15, -0.1) is 21.5 Å². The molecule has 0 aliphatic heterocycles. The van der Waals surface area contributed by atoms with Crippen LogP contribution in [0.1, 0.15) is 27.7 Å². The molecule has 10 heteroatoms. The van der Waals surface area contributed by atoms with Gasteiger partial charge in [-0.2, -0.15) is 5.26 Å². The number of nitriles is 1. The molecule has 1 amide bonds. The number of carbonyl (C=O) groups excluding carboxylic acids is 2. The molecule has 0 spiro atoms. The standard InChI is InChI=1S/C26H21N5O3S2/c1-3-34-25(33)23-16(2)19(14-27)24(36-23)28-20(32)15-35-26-29-21(17-10-6-4-7-11-17)22(30-31-26)18-12-8-5-9-13-18/h4-13H,3,15H2,1-2H3,(H,28,32). The highest BCUT2D eigenvalue weighted by molar-refractivity contribution is 7.99. The average Bonchev–Trinajstić information content (AvgIpc) is 3.23. The Kier molecular flexibility index (Phi) is 8.05. The fourth-order valence-corrected chi connectivity index (χ4v) is 5.03. The van der Waals surface area contributed by atoms with Crippen LogP contribution in [0, 0.1) is 18.3 Å². The molecule has 4 rings (SSSR count). The van der Waals surface area contributed by atoms with E-state index in [0.29, 0.717) is 32.0 Å². The lowest BCUT2D eigenvalue weighted by Gasteiger charge is -2.09. The number of aromatic nitrogens is 3. The Morgan fingerprint density at radius 1 is 1.03 bits per heavy atom. The van der Waals surface area contributed by atoms with Gasteiger partial charge in [0.15, 0.2) is 0 Å². The lowest BCUT2D eigenvalue weighted by Crippen LogP contribution is -2.14. The van der Waals surface area contributed by atoms with Crippen LogP contribution in [-0.4, -0.2) is 39.4 Å². The van der Waals surface area contributed by atoms with E-state index in [0.717, 1.165) is 34.2 Å². The molecule has 2 aromatic carbocycles. The molecule has 0 saturated heterocycles. The number of ether oxygens (including phenoxy) is 1. The summed E-state index contributed by atoms with van der Waals surface area (Å²) in [4.78, 5) is 29.8. The summed E-state index contributed by atoms with van der Waals surface area (Å²) >= 11 is 2.16. The number of rotatable bonds is 8. The van der Waals surface area contributed by atoms with Gasteiger partial charge in [-0.05, 0) is 19.4 Å². The molecule has 36 heavy (non-hydrogen) atoms. The van der Waals surface area contributed by atoms with Crippen LogP contribution in [0.25, 0.3) is 22.5 Å². The molecule has 1 N–H and O–H groups in total. The van der Waals surface area contributed by atoms with E-state index >= 15 is 0 Å². The number of anilines is 1. The van der Waals surface area contributed by atoms with Crippen LogP contribution in [0.4, 0.5) is 5.00 Å². The first kappa shape index (κ1) is 25.0. The largest absolute Gasteiger partial charge is 0.462 e. The summed E-state index contributed by atoms with van der Waals surface area (Å²) in [6.07, 6.45) is 0. The Hall–Kier alpha value is -4.07. The molecule has 0 aliphatic carbocycles. The van der Waals surface area contributed by atoms with E-state index < -0.39 is 5.97 Å². The van der Waals surface area contributed by atoms with E-state index in [1.165, 1.54) is 0 Å². The van der Waals surface area contributed by atoms with Crippen LogP contribution in [0.2, 0.25) is 0 Å². The quantitative estimate of drug-likeness (QED) is 0.246. The lowest BCUT2D eigenvalue weighted by atomic mass is 10.0. The molecule has 0 unspecified atom stereocenters. The molecule has 180 valence electrons. The number of carbonyl (C=O) groups is 2. The predicted octanol–water partition coefficient (Wildman–Crippen LogP) is 5.35. The van der Waals surface area contributed by atoms with Crippen LogP contribution in [0.3, 0.4) is 0 Å². The number of hydrogen-bond donors (Lipinski definition) is 1. The number of esters is 1. The molecule has 0 radical (unpaired) electrons. The SMILES string of the molecule is CCOC(=O)c1sc(NC(=O)CSc2nnc(-c3ccccc3)c(-c3ccccc3)n2)c(C#N)c1C. The van der Waals surface area contributed by atoms with Crippen molar-refractivity contribution in [2.45, 2.75) is 19.0 Å². The van der Waals surface area contributed by atoms with Gasteiger partial charge < -0.3 is 10.1 Å². The van der Waals surface area contributed by atoms with Crippen molar-refractivity contribution in [1.82, 2.24) is 15.2 Å².